The van der Waals surface area contributed by atoms with E-state index in [4.69, 9.17) is 0 Å². The largest absolute Gasteiger partial charge is 0.316 e. The van der Waals surface area contributed by atoms with E-state index < -0.39 is 0 Å². The van der Waals surface area contributed by atoms with Crippen LogP contribution in [0, 0.1) is 17.3 Å². The molecule has 0 bridgehead atoms. The van der Waals surface area contributed by atoms with Crippen molar-refractivity contribution in [3.8, 4) is 0 Å². The van der Waals surface area contributed by atoms with Gasteiger partial charge in [0.2, 0.25) is 5.91 Å². The SMILES string of the molecule is CC1(C)CC2CN3C(=O)CCC=C3C2C1. The molecule has 2 aliphatic heterocycles. The number of carbonyl (C=O) groups is 1. The molecule has 2 nitrogen and oxygen atoms in total. The smallest absolute Gasteiger partial charge is 0.227 e. The Balaban J connectivity index is 1.90. The molecule has 2 heterocycles. The van der Waals surface area contributed by atoms with Crippen LogP contribution in [0.3, 0.4) is 0 Å². The molecule has 2 atom stereocenters. The number of allylic oxidation sites excluding steroid dienone is 2. The van der Waals surface area contributed by atoms with Gasteiger partial charge in [-0.2, -0.15) is 0 Å². The number of hydrogen-bond acceptors (Lipinski definition) is 1. The maximum absolute atomic E-state index is 11.8. The summed E-state index contributed by atoms with van der Waals surface area (Å²) in [6, 6.07) is 0. The fraction of sp³-hybridized carbons (Fsp3) is 0.769. The summed E-state index contributed by atoms with van der Waals surface area (Å²) in [5.74, 6) is 1.79. The highest BCUT2D eigenvalue weighted by atomic mass is 16.2. The molecule has 0 radical (unpaired) electrons. The molecule has 0 aromatic heterocycles. The second kappa shape index (κ2) is 2.87. The van der Waals surface area contributed by atoms with Crippen molar-refractivity contribution in [2.45, 2.75) is 39.5 Å². The highest BCUT2D eigenvalue weighted by Gasteiger charge is 2.48. The van der Waals surface area contributed by atoms with E-state index in [-0.39, 0.29) is 0 Å². The van der Waals surface area contributed by atoms with Gasteiger partial charge in [0.25, 0.3) is 0 Å². The van der Waals surface area contributed by atoms with Crippen LogP contribution in [0.1, 0.15) is 39.5 Å². The minimum Gasteiger partial charge on any atom is -0.316 e. The van der Waals surface area contributed by atoms with Crippen LogP contribution < -0.4 is 0 Å². The van der Waals surface area contributed by atoms with Crippen molar-refractivity contribution in [3.05, 3.63) is 11.8 Å². The predicted molar refractivity (Wildman–Crippen MR) is 59.0 cm³/mol. The highest BCUT2D eigenvalue weighted by Crippen LogP contribution is 2.53. The van der Waals surface area contributed by atoms with Gasteiger partial charge in [-0.1, -0.05) is 19.9 Å². The third-order valence-corrected chi connectivity index (χ3v) is 4.28. The third kappa shape index (κ3) is 1.34. The topological polar surface area (TPSA) is 20.3 Å². The zero-order valence-corrected chi connectivity index (χ0v) is 9.62. The van der Waals surface area contributed by atoms with Gasteiger partial charge in [0.1, 0.15) is 0 Å². The lowest BCUT2D eigenvalue weighted by Crippen LogP contribution is -2.31. The second-order valence-electron chi connectivity index (χ2n) is 6.11. The molecule has 0 aromatic carbocycles. The van der Waals surface area contributed by atoms with Crippen LogP contribution in [-0.2, 0) is 4.79 Å². The van der Waals surface area contributed by atoms with E-state index >= 15 is 0 Å². The molecule has 1 aliphatic carbocycles. The van der Waals surface area contributed by atoms with Crippen molar-refractivity contribution < 1.29 is 4.79 Å². The first-order valence-corrected chi connectivity index (χ1v) is 6.07. The Labute approximate surface area is 91.3 Å². The Morgan fingerprint density at radius 2 is 2.20 bits per heavy atom. The van der Waals surface area contributed by atoms with E-state index in [9.17, 15) is 4.79 Å². The van der Waals surface area contributed by atoms with E-state index in [2.05, 4.69) is 24.8 Å². The van der Waals surface area contributed by atoms with Gasteiger partial charge >= 0.3 is 0 Å². The van der Waals surface area contributed by atoms with Crippen molar-refractivity contribution in [2.24, 2.45) is 17.3 Å². The van der Waals surface area contributed by atoms with Gasteiger partial charge < -0.3 is 4.90 Å². The Morgan fingerprint density at radius 1 is 1.40 bits per heavy atom. The first-order chi connectivity index (χ1) is 7.07. The lowest BCUT2D eigenvalue weighted by molar-refractivity contribution is -0.129. The summed E-state index contributed by atoms with van der Waals surface area (Å²) in [5, 5.41) is 0. The summed E-state index contributed by atoms with van der Waals surface area (Å²) < 4.78 is 0. The van der Waals surface area contributed by atoms with Crippen LogP contribution in [0.4, 0.5) is 0 Å². The molecule has 15 heavy (non-hydrogen) atoms. The van der Waals surface area contributed by atoms with Crippen LogP contribution in [-0.4, -0.2) is 17.4 Å². The fourth-order valence-electron chi connectivity index (χ4n) is 3.76. The van der Waals surface area contributed by atoms with Crippen molar-refractivity contribution in [3.63, 3.8) is 0 Å². The summed E-state index contributed by atoms with van der Waals surface area (Å²) in [4.78, 5) is 13.8. The summed E-state index contributed by atoms with van der Waals surface area (Å²) in [6.07, 6.45) is 6.57. The molecular formula is C13H19NO. The average molecular weight is 205 g/mol. The van der Waals surface area contributed by atoms with Crippen LogP contribution in [0.5, 0.6) is 0 Å². The standard InChI is InChI=1S/C13H19NO/c1-13(2)6-9-8-14-11(10(9)7-13)4-3-5-12(14)15/h4,9-10H,3,5-8H2,1-2H3. The summed E-state index contributed by atoms with van der Waals surface area (Å²) >= 11 is 0. The molecule has 0 aromatic rings. The molecule has 82 valence electrons. The first-order valence-electron chi connectivity index (χ1n) is 6.07. The second-order valence-corrected chi connectivity index (χ2v) is 6.11. The number of carbonyl (C=O) groups excluding carboxylic acids is 1. The van der Waals surface area contributed by atoms with Crippen molar-refractivity contribution in [2.75, 3.05) is 6.54 Å². The summed E-state index contributed by atoms with van der Waals surface area (Å²) in [5.41, 5.74) is 1.85. The molecule has 2 heteroatoms. The van der Waals surface area contributed by atoms with E-state index in [0.29, 0.717) is 17.2 Å². The first kappa shape index (κ1) is 9.44. The molecule has 1 saturated heterocycles. The van der Waals surface area contributed by atoms with E-state index in [1.54, 1.807) is 0 Å². The number of amides is 1. The van der Waals surface area contributed by atoms with Gasteiger partial charge in [-0.25, -0.2) is 0 Å². The maximum atomic E-state index is 11.8. The maximum Gasteiger partial charge on any atom is 0.227 e. The zero-order chi connectivity index (χ0) is 10.6. The monoisotopic (exact) mass is 205 g/mol. The van der Waals surface area contributed by atoms with Gasteiger partial charge in [-0.15, -0.1) is 0 Å². The minimum absolute atomic E-state index is 0.361. The van der Waals surface area contributed by atoms with Crippen LogP contribution in [0.25, 0.3) is 0 Å². The van der Waals surface area contributed by atoms with Gasteiger partial charge in [-0.05, 0) is 30.6 Å². The van der Waals surface area contributed by atoms with Crippen molar-refractivity contribution in [1.29, 1.82) is 0 Å². The van der Waals surface area contributed by atoms with Crippen LogP contribution >= 0.6 is 0 Å². The van der Waals surface area contributed by atoms with Gasteiger partial charge in [-0.3, -0.25) is 4.79 Å². The number of nitrogens with zero attached hydrogens (tertiary/aromatic N) is 1. The fourth-order valence-corrected chi connectivity index (χ4v) is 3.76. The number of fused-ring (bicyclic) bond motifs is 3. The zero-order valence-electron chi connectivity index (χ0n) is 9.62. The molecule has 2 fully saturated rings. The Bertz CT molecular complexity index is 342. The lowest BCUT2D eigenvalue weighted by Gasteiger charge is -2.27. The van der Waals surface area contributed by atoms with E-state index in [0.717, 1.165) is 25.3 Å². The van der Waals surface area contributed by atoms with Crippen LogP contribution in [0.2, 0.25) is 0 Å². The predicted octanol–water partition coefficient (Wildman–Crippen LogP) is 2.56. The van der Waals surface area contributed by atoms with Gasteiger partial charge in [0, 0.05) is 24.6 Å². The molecule has 1 amide bonds. The third-order valence-electron chi connectivity index (χ3n) is 4.28. The molecule has 3 rings (SSSR count). The van der Waals surface area contributed by atoms with Crippen molar-refractivity contribution in [1.82, 2.24) is 4.90 Å². The Kier molecular flexibility index (Phi) is 1.80. The van der Waals surface area contributed by atoms with Gasteiger partial charge in [0.15, 0.2) is 0 Å². The molecule has 2 unspecified atom stereocenters. The van der Waals surface area contributed by atoms with Gasteiger partial charge in [0.05, 0.1) is 0 Å². The molecule has 0 N–H and O–H groups in total. The summed E-state index contributed by atoms with van der Waals surface area (Å²) in [7, 11) is 0. The Morgan fingerprint density at radius 3 is 3.00 bits per heavy atom. The molecule has 0 spiro atoms. The number of hydrogen-bond donors (Lipinski definition) is 0. The number of rotatable bonds is 0. The molecule has 3 aliphatic rings. The highest BCUT2D eigenvalue weighted by molar-refractivity contribution is 5.80. The quantitative estimate of drug-likeness (QED) is 0.595. The average Bonchev–Trinajstić information content (AvgIpc) is 2.59. The van der Waals surface area contributed by atoms with E-state index in [1.165, 1.54) is 18.5 Å². The van der Waals surface area contributed by atoms with Crippen molar-refractivity contribution >= 4 is 5.91 Å². The lowest BCUT2D eigenvalue weighted by atomic mass is 9.89. The molecule has 1 saturated carbocycles. The minimum atomic E-state index is 0.361. The van der Waals surface area contributed by atoms with E-state index in [1.807, 2.05) is 0 Å². The van der Waals surface area contributed by atoms with Crippen LogP contribution in [0.15, 0.2) is 11.8 Å². The normalized spacial score (nSPS) is 37.6. The Hall–Kier alpha value is -0.790. The molecular weight excluding hydrogens is 186 g/mol. The summed E-state index contributed by atoms with van der Waals surface area (Å²) in [6.45, 7) is 5.72.